The van der Waals surface area contributed by atoms with Crippen LogP contribution in [0.15, 0.2) is 48.5 Å². The third-order valence-electron chi connectivity index (χ3n) is 4.06. The highest BCUT2D eigenvalue weighted by Gasteiger charge is 2.23. The minimum atomic E-state index is -0.962. The van der Waals surface area contributed by atoms with E-state index in [9.17, 15) is 9.90 Å². The third kappa shape index (κ3) is 2.63. The first kappa shape index (κ1) is 15.0. The van der Waals surface area contributed by atoms with Crippen molar-refractivity contribution in [2.75, 3.05) is 0 Å². The Bertz CT molecular complexity index is 880. The first-order valence-electron chi connectivity index (χ1n) is 7.45. The van der Waals surface area contributed by atoms with Crippen LogP contribution in [-0.4, -0.2) is 20.9 Å². The zero-order valence-corrected chi connectivity index (χ0v) is 13.4. The van der Waals surface area contributed by atoms with Crippen molar-refractivity contribution in [1.29, 1.82) is 0 Å². The van der Waals surface area contributed by atoms with E-state index in [1.165, 1.54) is 5.56 Å². The van der Waals surface area contributed by atoms with Crippen LogP contribution >= 0.6 is 0 Å². The fourth-order valence-electron chi connectivity index (χ4n) is 2.69. The van der Waals surface area contributed by atoms with Crippen LogP contribution in [0, 0.1) is 20.8 Å². The Hall–Kier alpha value is -2.88. The molecule has 0 atom stereocenters. The van der Waals surface area contributed by atoms with Gasteiger partial charge in [-0.3, -0.25) is 0 Å². The Morgan fingerprint density at radius 3 is 2.30 bits per heavy atom. The maximum Gasteiger partial charge on any atom is 0.339 e. The molecule has 0 spiro atoms. The summed E-state index contributed by atoms with van der Waals surface area (Å²) >= 11 is 0. The zero-order chi connectivity index (χ0) is 16.6. The number of hydrogen-bond acceptors (Lipinski definition) is 2. The SMILES string of the molecule is Cc1ccc(-n2nc(C)c(C(=O)O)c2-c2ccccc2)cc1C. The lowest BCUT2D eigenvalue weighted by Gasteiger charge is -2.10. The highest BCUT2D eigenvalue weighted by atomic mass is 16.4. The Balaban J connectivity index is 2.31. The first-order valence-corrected chi connectivity index (χ1v) is 7.45. The van der Waals surface area contributed by atoms with E-state index < -0.39 is 5.97 Å². The van der Waals surface area contributed by atoms with Gasteiger partial charge in [-0.15, -0.1) is 0 Å². The molecule has 23 heavy (non-hydrogen) atoms. The van der Waals surface area contributed by atoms with Gasteiger partial charge in [0.1, 0.15) is 5.56 Å². The lowest BCUT2D eigenvalue weighted by atomic mass is 10.1. The second kappa shape index (κ2) is 5.72. The smallest absolute Gasteiger partial charge is 0.339 e. The number of hydrogen-bond donors (Lipinski definition) is 1. The topological polar surface area (TPSA) is 55.1 Å². The second-order valence-electron chi connectivity index (χ2n) is 5.66. The highest BCUT2D eigenvalue weighted by molar-refractivity contribution is 5.96. The molecule has 0 aliphatic heterocycles. The minimum Gasteiger partial charge on any atom is -0.478 e. The molecule has 3 rings (SSSR count). The predicted molar refractivity (Wildman–Crippen MR) is 90.2 cm³/mol. The van der Waals surface area contributed by atoms with Gasteiger partial charge in [0.2, 0.25) is 0 Å². The summed E-state index contributed by atoms with van der Waals surface area (Å²) in [6.45, 7) is 5.82. The number of carbonyl (C=O) groups is 1. The van der Waals surface area contributed by atoms with E-state index >= 15 is 0 Å². The molecule has 116 valence electrons. The van der Waals surface area contributed by atoms with E-state index in [0.29, 0.717) is 11.4 Å². The van der Waals surface area contributed by atoms with E-state index in [0.717, 1.165) is 16.8 Å². The Morgan fingerprint density at radius 2 is 1.70 bits per heavy atom. The molecule has 3 aromatic rings. The molecular formula is C19H18N2O2. The first-order chi connectivity index (χ1) is 11.0. The second-order valence-corrected chi connectivity index (χ2v) is 5.66. The molecule has 1 N–H and O–H groups in total. The quantitative estimate of drug-likeness (QED) is 0.790. The van der Waals surface area contributed by atoms with Gasteiger partial charge in [-0.05, 0) is 44.0 Å². The molecule has 0 saturated heterocycles. The lowest BCUT2D eigenvalue weighted by Crippen LogP contribution is -2.03. The molecule has 0 saturated carbocycles. The van der Waals surface area contributed by atoms with Crippen LogP contribution in [0.4, 0.5) is 0 Å². The van der Waals surface area contributed by atoms with E-state index in [1.807, 2.05) is 62.4 Å². The van der Waals surface area contributed by atoms with Gasteiger partial charge in [0, 0.05) is 5.56 Å². The number of benzene rings is 2. The van der Waals surface area contributed by atoms with Gasteiger partial charge < -0.3 is 5.11 Å². The summed E-state index contributed by atoms with van der Waals surface area (Å²) in [6, 6.07) is 15.5. The van der Waals surface area contributed by atoms with Crippen molar-refractivity contribution in [2.45, 2.75) is 20.8 Å². The number of aromatic nitrogens is 2. The van der Waals surface area contributed by atoms with Crippen molar-refractivity contribution in [2.24, 2.45) is 0 Å². The van der Waals surface area contributed by atoms with Gasteiger partial charge in [0.25, 0.3) is 0 Å². The van der Waals surface area contributed by atoms with Crippen molar-refractivity contribution in [3.63, 3.8) is 0 Å². The molecule has 0 radical (unpaired) electrons. The molecule has 2 aromatic carbocycles. The minimum absolute atomic E-state index is 0.245. The van der Waals surface area contributed by atoms with Crippen molar-refractivity contribution < 1.29 is 9.90 Å². The molecule has 0 amide bonds. The van der Waals surface area contributed by atoms with Crippen LogP contribution in [0.25, 0.3) is 16.9 Å². The fourth-order valence-corrected chi connectivity index (χ4v) is 2.69. The summed E-state index contributed by atoms with van der Waals surface area (Å²) in [6.07, 6.45) is 0. The molecule has 0 fully saturated rings. The Kier molecular flexibility index (Phi) is 3.74. The van der Waals surface area contributed by atoms with Crippen LogP contribution in [-0.2, 0) is 0 Å². The van der Waals surface area contributed by atoms with Crippen LogP contribution in [0.5, 0.6) is 0 Å². The number of aromatic carboxylic acids is 1. The molecule has 0 aliphatic carbocycles. The third-order valence-corrected chi connectivity index (χ3v) is 4.06. The predicted octanol–water partition coefficient (Wildman–Crippen LogP) is 4.16. The number of nitrogens with zero attached hydrogens (tertiary/aromatic N) is 2. The van der Waals surface area contributed by atoms with E-state index in [2.05, 4.69) is 5.10 Å². The molecule has 4 nitrogen and oxygen atoms in total. The number of carboxylic acids is 1. The fraction of sp³-hybridized carbons (Fsp3) is 0.158. The maximum atomic E-state index is 11.7. The summed E-state index contributed by atoms with van der Waals surface area (Å²) in [7, 11) is 0. The molecule has 0 aliphatic rings. The van der Waals surface area contributed by atoms with Crippen molar-refractivity contribution in [1.82, 2.24) is 9.78 Å². The van der Waals surface area contributed by atoms with Crippen LogP contribution < -0.4 is 0 Å². The highest BCUT2D eigenvalue weighted by Crippen LogP contribution is 2.29. The van der Waals surface area contributed by atoms with Crippen molar-refractivity contribution in [3.8, 4) is 16.9 Å². The summed E-state index contributed by atoms with van der Waals surface area (Å²) in [5, 5.41) is 14.1. The summed E-state index contributed by atoms with van der Waals surface area (Å²) in [4.78, 5) is 11.7. The standard InChI is InChI=1S/C19H18N2O2/c1-12-9-10-16(11-13(12)2)21-18(15-7-5-4-6-8-15)17(19(22)23)14(3)20-21/h4-11H,1-3H3,(H,22,23). The monoisotopic (exact) mass is 306 g/mol. The molecule has 4 heteroatoms. The lowest BCUT2D eigenvalue weighted by molar-refractivity contribution is 0.0697. The van der Waals surface area contributed by atoms with Gasteiger partial charge in [-0.2, -0.15) is 5.10 Å². The van der Waals surface area contributed by atoms with E-state index in [4.69, 9.17) is 0 Å². The van der Waals surface area contributed by atoms with Crippen molar-refractivity contribution >= 4 is 5.97 Å². The molecule has 0 unspecified atom stereocenters. The Morgan fingerprint density at radius 1 is 1.00 bits per heavy atom. The Labute approximate surface area is 135 Å². The maximum absolute atomic E-state index is 11.7. The van der Waals surface area contributed by atoms with Gasteiger partial charge >= 0.3 is 5.97 Å². The average Bonchev–Trinajstić information content (AvgIpc) is 2.88. The van der Waals surface area contributed by atoms with E-state index in [1.54, 1.807) is 11.6 Å². The summed E-state index contributed by atoms with van der Waals surface area (Å²) < 4.78 is 1.72. The number of aryl methyl sites for hydroxylation is 3. The average molecular weight is 306 g/mol. The van der Waals surface area contributed by atoms with Gasteiger partial charge in [0.15, 0.2) is 0 Å². The summed E-state index contributed by atoms with van der Waals surface area (Å²) in [5.41, 5.74) is 5.40. The van der Waals surface area contributed by atoms with Crippen LogP contribution in [0.1, 0.15) is 27.2 Å². The van der Waals surface area contributed by atoms with Crippen LogP contribution in [0.3, 0.4) is 0 Å². The van der Waals surface area contributed by atoms with E-state index in [-0.39, 0.29) is 5.56 Å². The van der Waals surface area contributed by atoms with Crippen LogP contribution in [0.2, 0.25) is 0 Å². The molecule has 1 aromatic heterocycles. The number of rotatable bonds is 3. The van der Waals surface area contributed by atoms with Gasteiger partial charge in [-0.25, -0.2) is 9.48 Å². The van der Waals surface area contributed by atoms with Crippen molar-refractivity contribution in [3.05, 3.63) is 70.9 Å². The number of carboxylic acid groups (broad SMARTS) is 1. The molecular weight excluding hydrogens is 288 g/mol. The largest absolute Gasteiger partial charge is 0.478 e. The molecule has 1 heterocycles. The molecule has 0 bridgehead atoms. The van der Waals surface area contributed by atoms with Gasteiger partial charge in [-0.1, -0.05) is 36.4 Å². The zero-order valence-electron chi connectivity index (χ0n) is 13.4. The normalized spacial score (nSPS) is 10.7. The van der Waals surface area contributed by atoms with Gasteiger partial charge in [0.05, 0.1) is 17.1 Å². The summed E-state index contributed by atoms with van der Waals surface area (Å²) in [5.74, 6) is -0.962.